The molecule has 2 unspecified atom stereocenters. The zero-order valence-corrected chi connectivity index (χ0v) is 12.8. The van der Waals surface area contributed by atoms with Gasteiger partial charge in [-0.2, -0.15) is 0 Å². The van der Waals surface area contributed by atoms with Crippen LogP contribution in [0, 0.1) is 18.8 Å². The van der Waals surface area contributed by atoms with Gasteiger partial charge in [-0.1, -0.05) is 17.7 Å². The number of rotatable bonds is 3. The van der Waals surface area contributed by atoms with Gasteiger partial charge >= 0.3 is 0 Å². The SMILES string of the molecule is Cc1ccc(Cl)cc1NC(=O)C1CC1C(=O)N1CCCC1. The van der Waals surface area contributed by atoms with Crippen molar-refractivity contribution in [2.75, 3.05) is 18.4 Å². The lowest BCUT2D eigenvalue weighted by atomic mass is 10.2. The van der Waals surface area contributed by atoms with E-state index in [0.29, 0.717) is 11.4 Å². The number of hydrogen-bond acceptors (Lipinski definition) is 2. The van der Waals surface area contributed by atoms with Gasteiger partial charge in [-0.15, -0.1) is 0 Å². The van der Waals surface area contributed by atoms with Gasteiger partial charge in [-0.05, 0) is 43.9 Å². The standard InChI is InChI=1S/C16H19ClN2O2/c1-10-4-5-11(17)8-14(10)18-15(20)12-9-13(12)16(21)19-6-2-3-7-19/h4-5,8,12-13H,2-3,6-7,9H2,1H3,(H,18,20). The highest BCUT2D eigenvalue weighted by molar-refractivity contribution is 6.31. The van der Waals surface area contributed by atoms with Gasteiger partial charge in [0.25, 0.3) is 0 Å². The molecule has 5 heteroatoms. The van der Waals surface area contributed by atoms with Gasteiger partial charge < -0.3 is 10.2 Å². The number of aryl methyl sites for hydroxylation is 1. The van der Waals surface area contributed by atoms with Gasteiger partial charge in [0.2, 0.25) is 11.8 Å². The fraction of sp³-hybridized carbons (Fsp3) is 0.500. The number of carbonyl (C=O) groups excluding carboxylic acids is 2. The molecule has 0 bridgehead atoms. The van der Waals surface area contributed by atoms with Crippen LogP contribution in [0.15, 0.2) is 18.2 Å². The van der Waals surface area contributed by atoms with Crippen LogP contribution in [0.4, 0.5) is 5.69 Å². The predicted octanol–water partition coefficient (Wildman–Crippen LogP) is 2.85. The molecule has 2 fully saturated rings. The van der Waals surface area contributed by atoms with Crippen LogP contribution >= 0.6 is 11.6 Å². The zero-order valence-electron chi connectivity index (χ0n) is 12.1. The summed E-state index contributed by atoms with van der Waals surface area (Å²) in [5.41, 5.74) is 1.70. The van der Waals surface area contributed by atoms with E-state index in [4.69, 9.17) is 11.6 Å². The number of nitrogens with one attached hydrogen (secondary N) is 1. The van der Waals surface area contributed by atoms with E-state index in [9.17, 15) is 9.59 Å². The maximum atomic E-state index is 12.2. The third kappa shape index (κ3) is 3.05. The number of likely N-dealkylation sites (tertiary alicyclic amines) is 1. The van der Waals surface area contributed by atoms with E-state index >= 15 is 0 Å². The van der Waals surface area contributed by atoms with Crippen LogP contribution in [-0.4, -0.2) is 29.8 Å². The maximum absolute atomic E-state index is 12.2. The third-order valence-corrected chi connectivity index (χ3v) is 4.55. The molecule has 1 aliphatic carbocycles. The normalized spacial score (nSPS) is 24.0. The van der Waals surface area contributed by atoms with Crippen LogP contribution in [0.3, 0.4) is 0 Å². The minimum absolute atomic E-state index is 0.0714. The predicted molar refractivity (Wildman–Crippen MR) is 82.2 cm³/mol. The quantitative estimate of drug-likeness (QED) is 0.933. The van der Waals surface area contributed by atoms with Crippen molar-refractivity contribution in [3.05, 3.63) is 28.8 Å². The third-order valence-electron chi connectivity index (χ3n) is 4.32. The van der Waals surface area contributed by atoms with Crippen molar-refractivity contribution in [1.82, 2.24) is 4.90 Å². The highest BCUT2D eigenvalue weighted by Crippen LogP contribution is 2.41. The Morgan fingerprint density at radius 3 is 2.67 bits per heavy atom. The van der Waals surface area contributed by atoms with Crippen LogP contribution in [0.5, 0.6) is 0 Å². The summed E-state index contributed by atoms with van der Waals surface area (Å²) >= 11 is 5.95. The molecule has 0 aromatic heterocycles. The van der Waals surface area contributed by atoms with Crippen LogP contribution in [0.2, 0.25) is 5.02 Å². The molecule has 1 N–H and O–H groups in total. The Morgan fingerprint density at radius 2 is 1.95 bits per heavy atom. The second kappa shape index (κ2) is 5.68. The van der Waals surface area contributed by atoms with Gasteiger partial charge in [0.05, 0.1) is 11.8 Å². The smallest absolute Gasteiger partial charge is 0.228 e. The molecule has 1 saturated carbocycles. The molecular weight excluding hydrogens is 288 g/mol. The van der Waals surface area contributed by atoms with Crippen LogP contribution in [0.1, 0.15) is 24.8 Å². The van der Waals surface area contributed by atoms with E-state index in [1.165, 1.54) is 0 Å². The second-order valence-corrected chi connectivity index (χ2v) is 6.37. The van der Waals surface area contributed by atoms with Crippen LogP contribution in [-0.2, 0) is 9.59 Å². The van der Waals surface area contributed by atoms with Gasteiger partial charge in [-0.3, -0.25) is 9.59 Å². The Hall–Kier alpha value is -1.55. The number of benzene rings is 1. The van der Waals surface area contributed by atoms with E-state index in [2.05, 4.69) is 5.32 Å². The van der Waals surface area contributed by atoms with E-state index in [0.717, 1.165) is 37.2 Å². The molecule has 21 heavy (non-hydrogen) atoms. The van der Waals surface area contributed by atoms with E-state index in [1.54, 1.807) is 12.1 Å². The average molecular weight is 307 g/mol. The first kappa shape index (κ1) is 14.4. The topological polar surface area (TPSA) is 49.4 Å². The van der Waals surface area contributed by atoms with Crippen molar-refractivity contribution >= 4 is 29.1 Å². The first-order valence-corrected chi connectivity index (χ1v) is 7.80. The molecule has 112 valence electrons. The summed E-state index contributed by atoms with van der Waals surface area (Å²) in [4.78, 5) is 26.4. The van der Waals surface area contributed by atoms with Crippen molar-refractivity contribution in [3.8, 4) is 0 Å². The maximum Gasteiger partial charge on any atom is 0.228 e. The number of carbonyl (C=O) groups is 2. The van der Waals surface area contributed by atoms with Crippen LogP contribution in [0.25, 0.3) is 0 Å². The Labute approximate surface area is 129 Å². The van der Waals surface area contributed by atoms with Crippen molar-refractivity contribution in [1.29, 1.82) is 0 Å². The highest BCUT2D eigenvalue weighted by atomic mass is 35.5. The Bertz CT molecular complexity index is 582. The van der Waals surface area contributed by atoms with Crippen LogP contribution < -0.4 is 5.32 Å². The fourth-order valence-corrected chi connectivity index (χ4v) is 3.06. The molecule has 0 radical (unpaired) electrons. The minimum Gasteiger partial charge on any atom is -0.342 e. The number of anilines is 1. The van der Waals surface area contributed by atoms with Crippen molar-refractivity contribution in [2.45, 2.75) is 26.2 Å². The molecule has 3 rings (SSSR count). The molecule has 0 spiro atoms. The molecule has 1 aliphatic heterocycles. The minimum atomic E-state index is -0.184. The molecule has 2 aliphatic rings. The summed E-state index contributed by atoms with van der Waals surface area (Å²) in [6.07, 6.45) is 2.83. The lowest BCUT2D eigenvalue weighted by Gasteiger charge is -2.15. The molecule has 1 aromatic rings. The summed E-state index contributed by atoms with van der Waals surface area (Å²) in [7, 11) is 0. The lowest BCUT2D eigenvalue weighted by molar-refractivity contribution is -0.133. The van der Waals surface area contributed by atoms with E-state index < -0.39 is 0 Å². The number of halogens is 1. The summed E-state index contributed by atoms with van der Waals surface area (Å²) in [6.45, 7) is 3.61. The number of hydrogen-bond donors (Lipinski definition) is 1. The molecule has 4 nitrogen and oxygen atoms in total. The fourth-order valence-electron chi connectivity index (χ4n) is 2.88. The number of nitrogens with zero attached hydrogens (tertiary/aromatic N) is 1. The largest absolute Gasteiger partial charge is 0.342 e. The molecule has 2 amide bonds. The van der Waals surface area contributed by atoms with Crippen molar-refractivity contribution in [2.24, 2.45) is 11.8 Å². The Morgan fingerprint density at radius 1 is 1.24 bits per heavy atom. The van der Waals surface area contributed by atoms with Crippen molar-refractivity contribution in [3.63, 3.8) is 0 Å². The van der Waals surface area contributed by atoms with E-state index in [1.807, 2.05) is 17.9 Å². The second-order valence-electron chi connectivity index (χ2n) is 5.93. The average Bonchev–Trinajstić information content (AvgIpc) is 3.07. The monoisotopic (exact) mass is 306 g/mol. The molecule has 1 aromatic carbocycles. The lowest BCUT2D eigenvalue weighted by Crippen LogP contribution is -2.30. The van der Waals surface area contributed by atoms with Gasteiger partial charge in [0.1, 0.15) is 0 Å². The first-order valence-electron chi connectivity index (χ1n) is 7.42. The van der Waals surface area contributed by atoms with E-state index in [-0.39, 0.29) is 23.7 Å². The Kier molecular flexibility index (Phi) is 3.89. The van der Waals surface area contributed by atoms with Crippen molar-refractivity contribution < 1.29 is 9.59 Å². The summed E-state index contributed by atoms with van der Waals surface area (Å²) in [5.74, 6) is -0.229. The molecular formula is C16H19ClN2O2. The summed E-state index contributed by atoms with van der Waals surface area (Å²) in [6, 6.07) is 5.41. The number of amides is 2. The molecule has 2 atom stereocenters. The Balaban J connectivity index is 1.60. The first-order chi connectivity index (χ1) is 10.1. The zero-order chi connectivity index (χ0) is 15.0. The molecule has 1 saturated heterocycles. The molecule has 1 heterocycles. The summed E-state index contributed by atoms with van der Waals surface area (Å²) < 4.78 is 0. The van der Waals surface area contributed by atoms with Gasteiger partial charge in [0.15, 0.2) is 0 Å². The van der Waals surface area contributed by atoms with Gasteiger partial charge in [0, 0.05) is 23.8 Å². The van der Waals surface area contributed by atoms with Gasteiger partial charge in [-0.25, -0.2) is 0 Å². The highest BCUT2D eigenvalue weighted by Gasteiger charge is 2.49. The summed E-state index contributed by atoms with van der Waals surface area (Å²) in [5, 5.41) is 3.49.